The number of hydrogen-bond acceptors (Lipinski definition) is 3. The SMILES string of the molecule is C=C(C)C(=O)NC(C(O)CO)[N+](C)(C)CCC.[Cl-]. The number of hydrogen-bond donors (Lipinski definition) is 3. The van der Waals surface area contributed by atoms with E-state index in [0.717, 1.165) is 13.0 Å². The van der Waals surface area contributed by atoms with E-state index in [1.807, 2.05) is 21.0 Å². The smallest absolute Gasteiger partial charge is 0.250 e. The predicted octanol–water partition coefficient (Wildman–Crippen LogP) is -3.15. The molecule has 0 spiro atoms. The third kappa shape index (κ3) is 5.82. The highest BCUT2D eigenvalue weighted by atomic mass is 35.5. The van der Waals surface area contributed by atoms with E-state index in [2.05, 4.69) is 11.9 Å². The molecule has 108 valence electrons. The van der Waals surface area contributed by atoms with E-state index in [-0.39, 0.29) is 24.9 Å². The summed E-state index contributed by atoms with van der Waals surface area (Å²) in [4.78, 5) is 11.6. The molecular formula is C12H25ClN2O3. The first kappa shape index (κ1) is 19.7. The zero-order valence-corrected chi connectivity index (χ0v) is 12.4. The normalized spacial score (nSPS) is 14.3. The summed E-state index contributed by atoms with van der Waals surface area (Å²) in [6.45, 7) is 7.61. The molecule has 2 unspecified atom stereocenters. The monoisotopic (exact) mass is 280 g/mol. The van der Waals surface area contributed by atoms with E-state index >= 15 is 0 Å². The van der Waals surface area contributed by atoms with Crippen LogP contribution in [0.3, 0.4) is 0 Å². The van der Waals surface area contributed by atoms with Crippen molar-refractivity contribution in [1.82, 2.24) is 5.32 Å². The fourth-order valence-corrected chi connectivity index (χ4v) is 1.81. The molecule has 0 aliphatic rings. The van der Waals surface area contributed by atoms with Gasteiger partial charge in [0, 0.05) is 5.57 Å². The van der Waals surface area contributed by atoms with Gasteiger partial charge in [0.05, 0.1) is 27.2 Å². The van der Waals surface area contributed by atoms with Gasteiger partial charge in [-0.25, -0.2) is 0 Å². The molecule has 0 fully saturated rings. The number of quaternary nitrogens is 1. The van der Waals surface area contributed by atoms with Crippen LogP contribution in [0.1, 0.15) is 20.3 Å². The minimum Gasteiger partial charge on any atom is -1.00 e. The molecule has 0 saturated heterocycles. The average Bonchev–Trinajstić information content (AvgIpc) is 2.23. The third-order valence-electron chi connectivity index (χ3n) is 2.77. The second-order valence-electron chi connectivity index (χ2n) is 4.95. The van der Waals surface area contributed by atoms with Gasteiger partial charge < -0.3 is 32.4 Å². The first-order valence-corrected chi connectivity index (χ1v) is 5.84. The molecule has 0 radical (unpaired) electrons. The Morgan fingerprint density at radius 1 is 1.44 bits per heavy atom. The second kappa shape index (κ2) is 8.48. The Balaban J connectivity index is 0. The van der Waals surface area contributed by atoms with E-state index in [0.29, 0.717) is 10.1 Å². The van der Waals surface area contributed by atoms with Crippen molar-refractivity contribution in [3.05, 3.63) is 12.2 Å². The van der Waals surface area contributed by atoms with Crippen molar-refractivity contribution in [1.29, 1.82) is 0 Å². The van der Waals surface area contributed by atoms with E-state index in [9.17, 15) is 9.90 Å². The number of aliphatic hydroxyl groups is 2. The highest BCUT2D eigenvalue weighted by Crippen LogP contribution is 2.10. The lowest BCUT2D eigenvalue weighted by Gasteiger charge is -2.40. The van der Waals surface area contributed by atoms with Gasteiger partial charge in [-0.05, 0) is 13.3 Å². The van der Waals surface area contributed by atoms with Crippen molar-refractivity contribution >= 4 is 5.91 Å². The Bertz CT molecular complexity index is 282. The lowest BCUT2D eigenvalue weighted by Crippen LogP contribution is -3.00. The Labute approximate surface area is 115 Å². The summed E-state index contributed by atoms with van der Waals surface area (Å²) < 4.78 is 0.414. The molecule has 0 aromatic carbocycles. The van der Waals surface area contributed by atoms with Crippen LogP contribution < -0.4 is 17.7 Å². The van der Waals surface area contributed by atoms with Crippen LogP contribution >= 0.6 is 0 Å². The molecule has 0 aliphatic heterocycles. The van der Waals surface area contributed by atoms with Crippen molar-refractivity contribution in [2.24, 2.45) is 0 Å². The number of rotatable bonds is 7. The number of nitrogens with zero attached hydrogens (tertiary/aromatic N) is 1. The Hall–Kier alpha value is -0.620. The first-order valence-electron chi connectivity index (χ1n) is 5.84. The highest BCUT2D eigenvalue weighted by molar-refractivity contribution is 5.92. The quantitative estimate of drug-likeness (QED) is 0.262. The standard InChI is InChI=1S/C12H24N2O3.ClH/c1-6-7-14(4,5)11(10(16)8-15)13-12(17)9(2)3;/h10-11,15-16H,2,6-8H2,1,3-5H3;1H. The summed E-state index contributed by atoms with van der Waals surface area (Å²) >= 11 is 0. The van der Waals surface area contributed by atoms with Crippen molar-refractivity contribution in [3.8, 4) is 0 Å². The summed E-state index contributed by atoms with van der Waals surface area (Å²) in [5.74, 6) is -0.301. The van der Waals surface area contributed by atoms with Gasteiger partial charge in [-0.3, -0.25) is 4.79 Å². The number of aliphatic hydroxyl groups excluding tert-OH is 2. The van der Waals surface area contributed by atoms with Gasteiger partial charge in [-0.1, -0.05) is 13.5 Å². The first-order chi connectivity index (χ1) is 7.76. The number of carbonyl (C=O) groups is 1. The lowest BCUT2D eigenvalue weighted by molar-refractivity contribution is -0.921. The Morgan fingerprint density at radius 3 is 2.28 bits per heavy atom. The number of amides is 1. The molecule has 0 bridgehead atoms. The van der Waals surface area contributed by atoms with Gasteiger partial charge in [0.1, 0.15) is 6.10 Å². The summed E-state index contributed by atoms with van der Waals surface area (Å²) in [6.07, 6.45) is -0.603. The van der Waals surface area contributed by atoms with Crippen LogP contribution in [0.5, 0.6) is 0 Å². The van der Waals surface area contributed by atoms with Crippen LogP contribution in [-0.2, 0) is 4.79 Å². The number of carbonyl (C=O) groups excluding carboxylic acids is 1. The van der Waals surface area contributed by atoms with Gasteiger partial charge in [-0.15, -0.1) is 0 Å². The number of nitrogens with one attached hydrogen (secondary N) is 1. The van der Waals surface area contributed by atoms with Gasteiger partial charge >= 0.3 is 0 Å². The molecule has 0 heterocycles. The predicted molar refractivity (Wildman–Crippen MR) is 67.1 cm³/mol. The summed E-state index contributed by atoms with van der Waals surface area (Å²) in [5.41, 5.74) is 0.386. The molecule has 0 aromatic heterocycles. The van der Waals surface area contributed by atoms with E-state index in [4.69, 9.17) is 5.11 Å². The van der Waals surface area contributed by atoms with Crippen molar-refractivity contribution in [2.45, 2.75) is 32.5 Å². The van der Waals surface area contributed by atoms with Gasteiger partial charge in [0.15, 0.2) is 6.17 Å². The molecule has 6 heteroatoms. The van der Waals surface area contributed by atoms with Crippen LogP contribution in [0.4, 0.5) is 0 Å². The molecule has 0 saturated carbocycles. The fraction of sp³-hybridized carbons (Fsp3) is 0.750. The molecule has 5 nitrogen and oxygen atoms in total. The minimum absolute atomic E-state index is 0. The van der Waals surface area contributed by atoms with Gasteiger partial charge in [0.25, 0.3) is 5.91 Å². The van der Waals surface area contributed by atoms with Crippen LogP contribution in [0.2, 0.25) is 0 Å². The maximum absolute atomic E-state index is 11.6. The van der Waals surface area contributed by atoms with Gasteiger partial charge in [-0.2, -0.15) is 0 Å². The zero-order chi connectivity index (χ0) is 13.6. The van der Waals surface area contributed by atoms with Crippen molar-refractivity contribution < 1.29 is 31.9 Å². The van der Waals surface area contributed by atoms with E-state index < -0.39 is 12.3 Å². The molecule has 0 aliphatic carbocycles. The van der Waals surface area contributed by atoms with Crippen LogP contribution in [0.15, 0.2) is 12.2 Å². The Kier molecular flexibility index (Phi) is 9.28. The van der Waals surface area contributed by atoms with E-state index in [1.165, 1.54) is 0 Å². The highest BCUT2D eigenvalue weighted by Gasteiger charge is 2.35. The average molecular weight is 281 g/mol. The summed E-state index contributed by atoms with van der Waals surface area (Å²) in [6, 6.07) is 0. The molecule has 0 aromatic rings. The molecule has 1 amide bonds. The van der Waals surface area contributed by atoms with Crippen molar-refractivity contribution in [2.75, 3.05) is 27.2 Å². The summed E-state index contributed by atoms with van der Waals surface area (Å²) in [7, 11) is 3.82. The molecule has 2 atom stereocenters. The Morgan fingerprint density at radius 2 is 1.94 bits per heavy atom. The van der Waals surface area contributed by atoms with Crippen LogP contribution in [0.25, 0.3) is 0 Å². The molecule has 18 heavy (non-hydrogen) atoms. The lowest BCUT2D eigenvalue weighted by atomic mass is 10.2. The van der Waals surface area contributed by atoms with Crippen molar-refractivity contribution in [3.63, 3.8) is 0 Å². The second-order valence-corrected chi connectivity index (χ2v) is 4.95. The number of likely N-dealkylation sites (N-methyl/N-ethyl adjacent to an activating group) is 1. The van der Waals surface area contributed by atoms with Crippen LogP contribution in [-0.4, -0.2) is 60.1 Å². The molecule has 0 rings (SSSR count). The number of halogens is 1. The minimum atomic E-state index is -0.986. The summed E-state index contributed by atoms with van der Waals surface area (Å²) in [5, 5.41) is 21.6. The maximum Gasteiger partial charge on any atom is 0.250 e. The van der Waals surface area contributed by atoms with E-state index in [1.54, 1.807) is 6.92 Å². The topological polar surface area (TPSA) is 69.6 Å². The van der Waals surface area contributed by atoms with Gasteiger partial charge in [0.2, 0.25) is 0 Å². The molecule has 3 N–H and O–H groups in total. The largest absolute Gasteiger partial charge is 1.00 e. The third-order valence-corrected chi connectivity index (χ3v) is 2.77. The van der Waals surface area contributed by atoms with Crippen LogP contribution in [0, 0.1) is 0 Å². The fourth-order valence-electron chi connectivity index (χ4n) is 1.81. The molecular weight excluding hydrogens is 256 g/mol. The zero-order valence-electron chi connectivity index (χ0n) is 11.6. The maximum atomic E-state index is 11.6.